The Balaban J connectivity index is 1.48. The van der Waals surface area contributed by atoms with E-state index in [1.165, 1.54) is 23.7 Å². The van der Waals surface area contributed by atoms with Gasteiger partial charge in [0, 0.05) is 16.7 Å². The molecule has 1 fully saturated rings. The number of carbonyl (C=O) groups is 1. The van der Waals surface area contributed by atoms with Crippen LogP contribution >= 0.6 is 11.8 Å². The molecule has 6 heteroatoms. The summed E-state index contributed by atoms with van der Waals surface area (Å²) < 4.78 is 1.75. The number of fused-ring (bicyclic) bond motifs is 4. The zero-order chi connectivity index (χ0) is 27.0. The number of hydrogen-bond acceptors (Lipinski definition) is 4. The summed E-state index contributed by atoms with van der Waals surface area (Å²) in [5.41, 5.74) is 7.45. The van der Waals surface area contributed by atoms with Crippen molar-refractivity contribution in [3.8, 4) is 16.9 Å². The third-order valence-corrected chi connectivity index (χ3v) is 9.14. The van der Waals surface area contributed by atoms with Crippen LogP contribution in [0.2, 0.25) is 0 Å². The Kier molecular flexibility index (Phi) is 6.90. The minimum Gasteiger partial charge on any atom is -0.325 e. The third kappa shape index (κ3) is 4.82. The van der Waals surface area contributed by atoms with E-state index in [0.717, 1.165) is 71.4 Å². The molecule has 0 aliphatic heterocycles. The van der Waals surface area contributed by atoms with Gasteiger partial charge in [-0.2, -0.15) is 0 Å². The van der Waals surface area contributed by atoms with E-state index in [-0.39, 0.29) is 22.6 Å². The number of anilines is 1. The van der Waals surface area contributed by atoms with E-state index in [1.807, 2.05) is 68.4 Å². The van der Waals surface area contributed by atoms with Gasteiger partial charge in [-0.1, -0.05) is 85.6 Å². The van der Waals surface area contributed by atoms with Gasteiger partial charge in [-0.3, -0.25) is 14.2 Å². The molecule has 4 aromatic rings. The van der Waals surface area contributed by atoms with Crippen molar-refractivity contribution in [2.24, 2.45) is 0 Å². The van der Waals surface area contributed by atoms with Gasteiger partial charge < -0.3 is 5.32 Å². The number of rotatable bonds is 5. The molecule has 5 nitrogen and oxygen atoms in total. The van der Waals surface area contributed by atoms with Crippen LogP contribution in [0.3, 0.4) is 0 Å². The van der Waals surface area contributed by atoms with Crippen molar-refractivity contribution < 1.29 is 4.79 Å². The fraction of sp³-hybridized carbons (Fsp3) is 0.303. The Labute approximate surface area is 233 Å². The number of carbonyl (C=O) groups excluding carboxylic acids is 1. The van der Waals surface area contributed by atoms with Gasteiger partial charge in [0.25, 0.3) is 5.56 Å². The fourth-order valence-electron chi connectivity index (χ4n) is 6.31. The van der Waals surface area contributed by atoms with Crippen LogP contribution in [0, 0.1) is 13.8 Å². The Morgan fingerprint density at radius 1 is 0.974 bits per heavy atom. The number of benzene rings is 3. The lowest BCUT2D eigenvalue weighted by atomic mass is 9.62. The van der Waals surface area contributed by atoms with E-state index in [1.54, 1.807) is 4.57 Å². The van der Waals surface area contributed by atoms with Crippen molar-refractivity contribution in [2.75, 3.05) is 11.1 Å². The van der Waals surface area contributed by atoms with Gasteiger partial charge in [0.05, 0.1) is 22.7 Å². The van der Waals surface area contributed by atoms with Crippen molar-refractivity contribution in [1.82, 2.24) is 9.55 Å². The fourth-order valence-corrected chi connectivity index (χ4v) is 7.11. The lowest BCUT2D eigenvalue weighted by molar-refractivity contribution is -0.113. The molecule has 39 heavy (non-hydrogen) atoms. The minimum absolute atomic E-state index is 0.00353. The summed E-state index contributed by atoms with van der Waals surface area (Å²) in [6.07, 6.45) is 6.35. The van der Waals surface area contributed by atoms with E-state index in [9.17, 15) is 9.59 Å². The van der Waals surface area contributed by atoms with E-state index >= 15 is 0 Å². The number of aryl methyl sites for hydroxylation is 2. The number of thioether (sulfide) groups is 1. The Morgan fingerprint density at radius 2 is 1.74 bits per heavy atom. The van der Waals surface area contributed by atoms with E-state index < -0.39 is 0 Å². The first-order chi connectivity index (χ1) is 18.9. The summed E-state index contributed by atoms with van der Waals surface area (Å²) in [4.78, 5) is 32.8. The minimum atomic E-state index is -0.191. The summed E-state index contributed by atoms with van der Waals surface area (Å²) in [6.45, 7) is 4.00. The van der Waals surface area contributed by atoms with Crippen LogP contribution in [0.25, 0.3) is 16.9 Å². The molecule has 0 atom stereocenters. The first-order valence-corrected chi connectivity index (χ1v) is 14.7. The van der Waals surface area contributed by atoms with Crippen LogP contribution in [0.15, 0.2) is 82.7 Å². The maximum Gasteiger partial charge on any atom is 0.263 e. The molecule has 3 aromatic carbocycles. The first-order valence-electron chi connectivity index (χ1n) is 13.8. The third-order valence-electron chi connectivity index (χ3n) is 8.21. The Hall–Kier alpha value is -3.64. The van der Waals surface area contributed by atoms with Crippen LogP contribution in [-0.4, -0.2) is 21.2 Å². The van der Waals surface area contributed by atoms with Gasteiger partial charge in [0.1, 0.15) is 0 Å². The average molecular weight is 536 g/mol. The molecule has 0 bridgehead atoms. The van der Waals surface area contributed by atoms with Gasteiger partial charge in [-0.05, 0) is 68.0 Å². The summed E-state index contributed by atoms with van der Waals surface area (Å²) >= 11 is 1.32. The molecule has 0 unspecified atom stereocenters. The molecular formula is C33H33N3O2S. The first kappa shape index (κ1) is 25.6. The summed E-state index contributed by atoms with van der Waals surface area (Å²) in [5.74, 6) is 0.0271. The molecular weight excluding hydrogens is 502 g/mol. The van der Waals surface area contributed by atoms with Crippen molar-refractivity contribution in [3.05, 3.63) is 105 Å². The molecule has 2 aliphatic carbocycles. The molecule has 1 spiro atoms. The molecule has 1 amide bonds. The number of para-hydroxylation sites is 1. The highest BCUT2D eigenvalue weighted by atomic mass is 32.2. The largest absolute Gasteiger partial charge is 0.325 e. The van der Waals surface area contributed by atoms with Crippen LogP contribution in [0.1, 0.15) is 54.4 Å². The quantitative estimate of drug-likeness (QED) is 0.221. The maximum atomic E-state index is 14.6. The standard InChI is InChI=1S/C33H33N3O2S/c1-22-11-10-14-25(19-22)36-31(38)29-30(26-15-6-5-13-24(26)20-33(29)17-8-3-9-18-33)35-32(36)39-21-28(37)34-27-16-7-4-12-23(27)2/h4-7,10-16,19H,3,8-9,17-18,20-21H2,1-2H3,(H,34,37). The predicted octanol–water partition coefficient (Wildman–Crippen LogP) is 7.01. The second kappa shape index (κ2) is 10.5. The number of nitrogens with zero attached hydrogens (tertiary/aromatic N) is 2. The smallest absolute Gasteiger partial charge is 0.263 e. The SMILES string of the molecule is Cc1cccc(-n2c(SCC(=O)Nc3ccccc3C)nc3c(c2=O)C2(CCCCC2)Cc2ccccc2-3)c1. The topological polar surface area (TPSA) is 64.0 Å². The average Bonchev–Trinajstić information content (AvgIpc) is 2.93. The van der Waals surface area contributed by atoms with Crippen LogP contribution in [0.4, 0.5) is 5.69 Å². The van der Waals surface area contributed by atoms with Crippen molar-refractivity contribution in [2.45, 2.75) is 62.9 Å². The molecule has 1 heterocycles. The van der Waals surface area contributed by atoms with Crippen molar-refractivity contribution in [1.29, 1.82) is 0 Å². The monoisotopic (exact) mass is 535 g/mol. The van der Waals surface area contributed by atoms with Gasteiger partial charge in [-0.15, -0.1) is 0 Å². The summed E-state index contributed by atoms with van der Waals surface area (Å²) in [5, 5.41) is 3.56. The highest BCUT2D eigenvalue weighted by Gasteiger charge is 2.43. The molecule has 0 radical (unpaired) electrons. The van der Waals surface area contributed by atoms with Gasteiger partial charge in [0.15, 0.2) is 5.16 Å². The molecule has 198 valence electrons. The van der Waals surface area contributed by atoms with E-state index in [4.69, 9.17) is 4.98 Å². The van der Waals surface area contributed by atoms with Crippen LogP contribution < -0.4 is 10.9 Å². The molecule has 1 N–H and O–H groups in total. The second-order valence-electron chi connectivity index (χ2n) is 10.9. The zero-order valence-corrected chi connectivity index (χ0v) is 23.3. The number of amides is 1. The number of aromatic nitrogens is 2. The van der Waals surface area contributed by atoms with E-state index in [0.29, 0.717) is 5.16 Å². The van der Waals surface area contributed by atoms with Crippen LogP contribution in [-0.2, 0) is 16.6 Å². The summed E-state index contributed by atoms with van der Waals surface area (Å²) in [7, 11) is 0. The highest BCUT2D eigenvalue weighted by molar-refractivity contribution is 7.99. The Bertz CT molecular complexity index is 1620. The van der Waals surface area contributed by atoms with Crippen LogP contribution in [0.5, 0.6) is 0 Å². The number of hydrogen-bond donors (Lipinski definition) is 1. The van der Waals surface area contributed by atoms with Gasteiger partial charge in [-0.25, -0.2) is 4.98 Å². The molecule has 1 aromatic heterocycles. The Morgan fingerprint density at radius 3 is 2.54 bits per heavy atom. The molecule has 2 aliphatic rings. The van der Waals surface area contributed by atoms with Gasteiger partial charge in [0.2, 0.25) is 5.91 Å². The lowest BCUT2D eigenvalue weighted by Gasteiger charge is -2.42. The normalized spacial score (nSPS) is 15.4. The van der Waals surface area contributed by atoms with E-state index in [2.05, 4.69) is 23.5 Å². The van der Waals surface area contributed by atoms with Crippen molar-refractivity contribution >= 4 is 23.4 Å². The molecule has 0 saturated heterocycles. The number of nitrogens with one attached hydrogen (secondary N) is 1. The highest BCUT2D eigenvalue weighted by Crippen LogP contribution is 2.49. The zero-order valence-electron chi connectivity index (χ0n) is 22.5. The second-order valence-corrected chi connectivity index (χ2v) is 11.9. The maximum absolute atomic E-state index is 14.6. The van der Waals surface area contributed by atoms with Gasteiger partial charge >= 0.3 is 0 Å². The predicted molar refractivity (Wildman–Crippen MR) is 159 cm³/mol. The lowest BCUT2D eigenvalue weighted by Crippen LogP contribution is -2.43. The summed E-state index contributed by atoms with van der Waals surface area (Å²) in [6, 6.07) is 24.1. The molecule has 6 rings (SSSR count). The molecule has 1 saturated carbocycles. The van der Waals surface area contributed by atoms with Crippen molar-refractivity contribution in [3.63, 3.8) is 0 Å².